The molecule has 0 radical (unpaired) electrons. The Kier molecular flexibility index (Phi) is 4.28. The summed E-state index contributed by atoms with van der Waals surface area (Å²) in [6, 6.07) is 9.55. The fraction of sp³-hybridized carbons (Fsp3) is 0.353. The molecule has 106 valence electrons. The molecule has 0 fully saturated rings. The Balaban J connectivity index is 2.59. The summed E-state index contributed by atoms with van der Waals surface area (Å²) in [4.78, 5) is 11.2. The summed E-state index contributed by atoms with van der Waals surface area (Å²) in [5.74, 6) is 1.41. The number of aldehydes is 1. The van der Waals surface area contributed by atoms with Crippen LogP contribution in [0.15, 0.2) is 30.3 Å². The maximum Gasteiger partial charge on any atom is 0.153 e. The summed E-state index contributed by atoms with van der Waals surface area (Å²) in [5, 5.41) is 1.93. The van der Waals surface area contributed by atoms with Gasteiger partial charge in [0, 0.05) is 5.39 Å². The summed E-state index contributed by atoms with van der Waals surface area (Å²) in [7, 11) is 0. The molecular formula is C17H20O3. The second-order valence-corrected chi connectivity index (χ2v) is 5.32. The molecule has 2 aromatic carbocycles. The summed E-state index contributed by atoms with van der Waals surface area (Å²) < 4.78 is 11.5. The van der Waals surface area contributed by atoms with E-state index in [4.69, 9.17) is 9.47 Å². The minimum Gasteiger partial charge on any atom is -0.491 e. The van der Waals surface area contributed by atoms with E-state index < -0.39 is 0 Å². The van der Waals surface area contributed by atoms with E-state index in [1.54, 1.807) is 6.07 Å². The van der Waals surface area contributed by atoms with E-state index in [9.17, 15) is 4.79 Å². The molecule has 0 atom stereocenters. The summed E-state index contributed by atoms with van der Waals surface area (Å²) >= 11 is 0. The van der Waals surface area contributed by atoms with Crippen molar-refractivity contribution in [2.75, 3.05) is 0 Å². The zero-order chi connectivity index (χ0) is 14.7. The van der Waals surface area contributed by atoms with Crippen LogP contribution in [0.2, 0.25) is 0 Å². The van der Waals surface area contributed by atoms with Gasteiger partial charge in [0.1, 0.15) is 11.5 Å². The number of carbonyl (C=O) groups is 1. The summed E-state index contributed by atoms with van der Waals surface area (Å²) in [5.41, 5.74) is 0.563. The number of hydrogen-bond donors (Lipinski definition) is 0. The van der Waals surface area contributed by atoms with Crippen LogP contribution < -0.4 is 9.47 Å². The fourth-order valence-electron chi connectivity index (χ4n) is 2.09. The Bertz CT molecular complexity index is 615. The van der Waals surface area contributed by atoms with Crippen LogP contribution in [0.5, 0.6) is 11.5 Å². The molecule has 2 aromatic rings. The van der Waals surface area contributed by atoms with E-state index >= 15 is 0 Å². The van der Waals surface area contributed by atoms with Gasteiger partial charge in [0.2, 0.25) is 0 Å². The molecule has 0 aliphatic carbocycles. The van der Waals surface area contributed by atoms with Crippen molar-refractivity contribution in [1.82, 2.24) is 0 Å². The van der Waals surface area contributed by atoms with E-state index in [1.165, 1.54) is 0 Å². The molecule has 0 N–H and O–H groups in total. The van der Waals surface area contributed by atoms with E-state index in [-0.39, 0.29) is 12.2 Å². The smallest absolute Gasteiger partial charge is 0.153 e. The van der Waals surface area contributed by atoms with E-state index in [2.05, 4.69) is 0 Å². The molecule has 0 aliphatic heterocycles. The SMILES string of the molecule is CC(C)Oc1ccc2ccc(C=O)c(OC(C)C)c2c1. The third-order valence-electron chi connectivity index (χ3n) is 2.83. The van der Waals surface area contributed by atoms with Gasteiger partial charge in [-0.15, -0.1) is 0 Å². The molecule has 0 spiro atoms. The molecule has 0 aliphatic rings. The van der Waals surface area contributed by atoms with Crippen molar-refractivity contribution in [2.24, 2.45) is 0 Å². The predicted molar refractivity (Wildman–Crippen MR) is 80.9 cm³/mol. The highest BCUT2D eigenvalue weighted by Crippen LogP contribution is 2.33. The van der Waals surface area contributed by atoms with Crippen LogP contribution in [0.3, 0.4) is 0 Å². The van der Waals surface area contributed by atoms with Gasteiger partial charge in [0.05, 0.1) is 17.8 Å². The van der Waals surface area contributed by atoms with E-state index in [0.29, 0.717) is 11.3 Å². The highest BCUT2D eigenvalue weighted by atomic mass is 16.5. The van der Waals surface area contributed by atoms with Crippen molar-refractivity contribution in [3.8, 4) is 11.5 Å². The zero-order valence-electron chi connectivity index (χ0n) is 12.3. The molecular weight excluding hydrogens is 252 g/mol. The third-order valence-corrected chi connectivity index (χ3v) is 2.83. The molecule has 0 unspecified atom stereocenters. The van der Waals surface area contributed by atoms with Crippen LogP contribution in [-0.4, -0.2) is 18.5 Å². The molecule has 2 rings (SSSR count). The van der Waals surface area contributed by atoms with Crippen LogP contribution >= 0.6 is 0 Å². The number of benzene rings is 2. The first kappa shape index (κ1) is 14.4. The lowest BCUT2D eigenvalue weighted by Crippen LogP contribution is -2.08. The number of carbonyl (C=O) groups excluding carboxylic acids is 1. The van der Waals surface area contributed by atoms with Gasteiger partial charge in [0.15, 0.2) is 6.29 Å². The van der Waals surface area contributed by atoms with Gasteiger partial charge >= 0.3 is 0 Å². The second kappa shape index (κ2) is 5.95. The van der Waals surface area contributed by atoms with Gasteiger partial charge in [-0.25, -0.2) is 0 Å². The third kappa shape index (κ3) is 3.10. The van der Waals surface area contributed by atoms with Gasteiger partial charge in [-0.2, -0.15) is 0 Å². The molecule has 0 aromatic heterocycles. The Morgan fingerprint density at radius 1 is 0.950 bits per heavy atom. The average Bonchev–Trinajstić information content (AvgIpc) is 2.38. The van der Waals surface area contributed by atoms with Crippen molar-refractivity contribution in [3.05, 3.63) is 35.9 Å². The lowest BCUT2D eigenvalue weighted by atomic mass is 10.1. The Morgan fingerprint density at radius 2 is 1.60 bits per heavy atom. The lowest BCUT2D eigenvalue weighted by Gasteiger charge is -2.16. The average molecular weight is 272 g/mol. The summed E-state index contributed by atoms with van der Waals surface area (Å²) in [6.07, 6.45) is 0.942. The Morgan fingerprint density at radius 3 is 2.20 bits per heavy atom. The van der Waals surface area contributed by atoms with Crippen LogP contribution in [0.4, 0.5) is 0 Å². The van der Waals surface area contributed by atoms with Crippen molar-refractivity contribution in [3.63, 3.8) is 0 Å². The van der Waals surface area contributed by atoms with Crippen molar-refractivity contribution in [2.45, 2.75) is 39.9 Å². The summed E-state index contributed by atoms with van der Waals surface area (Å²) in [6.45, 7) is 7.86. The normalized spacial score (nSPS) is 11.1. The minimum absolute atomic E-state index is 0.00831. The highest BCUT2D eigenvalue weighted by molar-refractivity contribution is 5.96. The topological polar surface area (TPSA) is 35.5 Å². The predicted octanol–water partition coefficient (Wildman–Crippen LogP) is 4.23. The van der Waals surface area contributed by atoms with Crippen LogP contribution in [-0.2, 0) is 0 Å². The number of hydrogen-bond acceptors (Lipinski definition) is 3. The zero-order valence-corrected chi connectivity index (χ0v) is 12.3. The first-order valence-electron chi connectivity index (χ1n) is 6.86. The van der Waals surface area contributed by atoms with Gasteiger partial charge in [-0.1, -0.05) is 12.1 Å². The van der Waals surface area contributed by atoms with Crippen LogP contribution in [0.1, 0.15) is 38.1 Å². The molecule has 0 heterocycles. The number of rotatable bonds is 5. The van der Waals surface area contributed by atoms with Crippen LogP contribution in [0, 0.1) is 0 Å². The van der Waals surface area contributed by atoms with Gasteiger partial charge in [-0.3, -0.25) is 4.79 Å². The first-order valence-corrected chi connectivity index (χ1v) is 6.86. The monoisotopic (exact) mass is 272 g/mol. The van der Waals surface area contributed by atoms with Crippen molar-refractivity contribution < 1.29 is 14.3 Å². The fourth-order valence-corrected chi connectivity index (χ4v) is 2.09. The molecule has 3 nitrogen and oxygen atoms in total. The van der Waals surface area contributed by atoms with Crippen molar-refractivity contribution >= 4 is 17.1 Å². The lowest BCUT2D eigenvalue weighted by molar-refractivity contribution is 0.111. The molecule has 0 saturated heterocycles. The number of ether oxygens (including phenoxy) is 2. The Labute approximate surface area is 119 Å². The maximum atomic E-state index is 11.2. The molecule has 0 amide bonds. The Hall–Kier alpha value is -2.03. The molecule has 20 heavy (non-hydrogen) atoms. The van der Waals surface area contributed by atoms with Crippen LogP contribution in [0.25, 0.3) is 10.8 Å². The van der Waals surface area contributed by atoms with Gasteiger partial charge < -0.3 is 9.47 Å². The second-order valence-electron chi connectivity index (χ2n) is 5.32. The number of fused-ring (bicyclic) bond motifs is 1. The molecule has 3 heteroatoms. The largest absolute Gasteiger partial charge is 0.491 e. The standard InChI is InChI=1S/C17H20O3/c1-11(2)19-15-8-7-13-5-6-14(10-18)17(16(13)9-15)20-12(3)4/h5-12H,1-4H3. The maximum absolute atomic E-state index is 11.2. The molecule has 0 saturated carbocycles. The quantitative estimate of drug-likeness (QED) is 0.764. The minimum atomic E-state index is 0.00831. The first-order chi connectivity index (χ1) is 9.51. The van der Waals surface area contributed by atoms with Gasteiger partial charge in [0.25, 0.3) is 0 Å². The highest BCUT2D eigenvalue weighted by Gasteiger charge is 2.11. The van der Waals surface area contributed by atoms with Crippen molar-refractivity contribution in [1.29, 1.82) is 0 Å². The van der Waals surface area contributed by atoms with E-state index in [0.717, 1.165) is 22.8 Å². The van der Waals surface area contributed by atoms with E-state index in [1.807, 2.05) is 52.0 Å². The van der Waals surface area contributed by atoms with Gasteiger partial charge in [-0.05, 0) is 51.3 Å². The molecule has 0 bridgehead atoms.